The topological polar surface area (TPSA) is 77.7 Å². The van der Waals surface area contributed by atoms with Crippen LogP contribution in [-0.2, 0) is 22.4 Å². The molecule has 5 rings (SSSR count). The summed E-state index contributed by atoms with van der Waals surface area (Å²) < 4.78 is 23.7. The minimum Gasteiger partial charge on any atom is -0.612 e. The van der Waals surface area contributed by atoms with Gasteiger partial charge >= 0.3 is 0 Å². The lowest BCUT2D eigenvalue weighted by molar-refractivity contribution is 0.600. The van der Waals surface area contributed by atoms with Crippen LogP contribution >= 0.6 is 0 Å². The van der Waals surface area contributed by atoms with Crippen molar-refractivity contribution >= 4 is 66.0 Å². The molecule has 2 aromatic heterocycles. The Morgan fingerprint density at radius 3 is 1.42 bits per heavy atom. The predicted molar refractivity (Wildman–Crippen MR) is 110 cm³/mol. The molecule has 2 N–H and O–H groups in total. The van der Waals surface area contributed by atoms with Crippen LogP contribution in [0.25, 0.3) is 43.6 Å². The van der Waals surface area contributed by atoms with Gasteiger partial charge in [0.05, 0.1) is 0 Å². The molecule has 6 heteroatoms. The zero-order valence-corrected chi connectivity index (χ0v) is 15.9. The highest BCUT2D eigenvalue weighted by Crippen LogP contribution is 2.34. The first-order chi connectivity index (χ1) is 12.5. The molecule has 0 bridgehead atoms. The van der Waals surface area contributed by atoms with E-state index in [0.29, 0.717) is 0 Å². The van der Waals surface area contributed by atoms with Gasteiger partial charge in [-0.05, 0) is 58.7 Å². The average Bonchev–Trinajstić information content (AvgIpc) is 3.15. The number of aromatic amines is 2. The molecule has 5 aromatic rings. The van der Waals surface area contributed by atoms with E-state index in [1.165, 1.54) is 0 Å². The van der Waals surface area contributed by atoms with E-state index in [9.17, 15) is 9.11 Å². The van der Waals surface area contributed by atoms with Crippen molar-refractivity contribution in [1.29, 1.82) is 0 Å². The Morgan fingerprint density at radius 1 is 0.577 bits per heavy atom. The van der Waals surface area contributed by atoms with Crippen molar-refractivity contribution in [3.63, 3.8) is 0 Å². The molecule has 0 fully saturated rings. The number of rotatable bonds is 2. The number of hydrogen-bond donors (Lipinski definition) is 2. The van der Waals surface area contributed by atoms with Gasteiger partial charge in [0.15, 0.2) is 9.79 Å². The number of benzene rings is 3. The molecule has 2 unspecified atom stereocenters. The van der Waals surface area contributed by atoms with Crippen LogP contribution in [0.4, 0.5) is 0 Å². The summed E-state index contributed by atoms with van der Waals surface area (Å²) >= 11 is -2.03. The van der Waals surface area contributed by atoms with Crippen LogP contribution in [-0.4, -0.2) is 31.6 Å². The van der Waals surface area contributed by atoms with Crippen molar-refractivity contribution in [2.45, 2.75) is 9.79 Å². The van der Waals surface area contributed by atoms with Gasteiger partial charge in [0.1, 0.15) is 12.5 Å². The maximum Gasteiger partial charge on any atom is 0.153 e. The van der Waals surface area contributed by atoms with E-state index in [4.69, 9.17) is 0 Å². The molecule has 0 aliphatic rings. The first kappa shape index (κ1) is 16.1. The van der Waals surface area contributed by atoms with Crippen molar-refractivity contribution in [3.05, 3.63) is 48.5 Å². The van der Waals surface area contributed by atoms with Crippen LogP contribution in [0.5, 0.6) is 0 Å². The molecule has 2 heterocycles. The summed E-state index contributed by atoms with van der Waals surface area (Å²) in [5, 5.41) is 4.34. The zero-order chi connectivity index (χ0) is 18.0. The normalized spacial score (nSPS) is 14.6. The minimum atomic E-state index is -1.02. The van der Waals surface area contributed by atoms with Gasteiger partial charge in [-0.15, -0.1) is 0 Å². The highest BCUT2D eigenvalue weighted by molar-refractivity contribution is 7.91. The number of fused-ring (bicyclic) bond motifs is 6. The number of H-pyrrole nitrogens is 2. The van der Waals surface area contributed by atoms with Crippen LogP contribution in [0.3, 0.4) is 0 Å². The van der Waals surface area contributed by atoms with Crippen LogP contribution in [0.2, 0.25) is 0 Å². The van der Waals surface area contributed by atoms with Gasteiger partial charge in [0.25, 0.3) is 0 Å². The molecule has 0 saturated heterocycles. The fraction of sp³-hybridized carbons (Fsp3) is 0.100. The highest BCUT2D eigenvalue weighted by Gasteiger charge is 2.14. The lowest BCUT2D eigenvalue weighted by atomic mass is 10.1. The second-order valence-corrected chi connectivity index (χ2v) is 9.28. The Bertz CT molecular complexity index is 1200. The van der Waals surface area contributed by atoms with Crippen molar-refractivity contribution in [2.24, 2.45) is 0 Å². The Balaban J connectivity index is 1.86. The molecule has 0 aliphatic heterocycles. The lowest BCUT2D eigenvalue weighted by Gasteiger charge is -2.04. The molecular formula is C20H16N2O2S2. The van der Waals surface area contributed by atoms with Crippen LogP contribution < -0.4 is 0 Å². The lowest BCUT2D eigenvalue weighted by Crippen LogP contribution is -1.96. The Kier molecular flexibility index (Phi) is 3.52. The van der Waals surface area contributed by atoms with Gasteiger partial charge in [-0.2, -0.15) is 0 Å². The van der Waals surface area contributed by atoms with Gasteiger partial charge in [-0.1, -0.05) is 0 Å². The molecule has 0 radical (unpaired) electrons. The van der Waals surface area contributed by atoms with Gasteiger partial charge in [-0.3, -0.25) is 0 Å². The van der Waals surface area contributed by atoms with Gasteiger partial charge < -0.3 is 19.1 Å². The SMILES string of the molecule is C[S+]([O-])c1ccc2[nH]c3cc4[nH]c5ccc([S+](C)[O-])cc5c4cc3c2c1. The molecule has 0 spiro atoms. The molecule has 0 saturated carbocycles. The Labute approximate surface area is 155 Å². The van der Waals surface area contributed by atoms with E-state index >= 15 is 0 Å². The van der Waals surface area contributed by atoms with Crippen molar-refractivity contribution < 1.29 is 9.11 Å². The summed E-state index contributed by atoms with van der Waals surface area (Å²) in [7, 11) is 0. The monoisotopic (exact) mass is 380 g/mol. The van der Waals surface area contributed by atoms with Crippen LogP contribution in [0.1, 0.15) is 0 Å². The van der Waals surface area contributed by atoms with Gasteiger partial charge in [0.2, 0.25) is 0 Å². The maximum absolute atomic E-state index is 11.9. The smallest absolute Gasteiger partial charge is 0.153 e. The molecule has 2 atom stereocenters. The third kappa shape index (κ3) is 2.34. The number of hydrogen-bond acceptors (Lipinski definition) is 2. The predicted octanol–water partition coefficient (Wildman–Crippen LogP) is 4.43. The molecule has 3 aromatic carbocycles. The second-order valence-electron chi connectivity index (χ2n) is 6.52. The fourth-order valence-corrected chi connectivity index (χ4v) is 4.70. The van der Waals surface area contributed by atoms with Crippen molar-refractivity contribution in [1.82, 2.24) is 9.97 Å². The third-order valence-corrected chi connectivity index (χ3v) is 6.76. The van der Waals surface area contributed by atoms with Crippen LogP contribution in [0, 0.1) is 0 Å². The first-order valence-corrected chi connectivity index (χ1v) is 11.3. The molecular weight excluding hydrogens is 364 g/mol. The number of aromatic nitrogens is 2. The van der Waals surface area contributed by atoms with Crippen molar-refractivity contribution in [3.8, 4) is 0 Å². The van der Waals surface area contributed by atoms with Crippen molar-refractivity contribution in [2.75, 3.05) is 12.5 Å². The molecule has 130 valence electrons. The average molecular weight is 380 g/mol. The zero-order valence-electron chi connectivity index (χ0n) is 14.3. The maximum atomic E-state index is 11.9. The summed E-state index contributed by atoms with van der Waals surface area (Å²) in [4.78, 5) is 8.53. The summed E-state index contributed by atoms with van der Waals surface area (Å²) in [6, 6.07) is 16.0. The molecule has 26 heavy (non-hydrogen) atoms. The third-order valence-electron chi connectivity index (χ3n) is 4.92. The highest BCUT2D eigenvalue weighted by atomic mass is 32.2. The minimum absolute atomic E-state index is 0.820. The van der Waals surface area contributed by atoms with E-state index in [1.54, 1.807) is 12.5 Å². The molecule has 0 aliphatic carbocycles. The van der Waals surface area contributed by atoms with E-state index in [2.05, 4.69) is 22.1 Å². The van der Waals surface area contributed by atoms with E-state index < -0.39 is 22.4 Å². The summed E-state index contributed by atoms with van der Waals surface area (Å²) in [6.07, 6.45) is 3.39. The molecule has 4 nitrogen and oxygen atoms in total. The quantitative estimate of drug-likeness (QED) is 0.444. The molecule has 0 amide bonds. The fourth-order valence-electron chi connectivity index (χ4n) is 3.61. The van der Waals surface area contributed by atoms with E-state index in [-0.39, 0.29) is 0 Å². The first-order valence-electron chi connectivity index (χ1n) is 8.19. The van der Waals surface area contributed by atoms with E-state index in [1.807, 2.05) is 36.4 Å². The van der Waals surface area contributed by atoms with E-state index in [0.717, 1.165) is 53.4 Å². The largest absolute Gasteiger partial charge is 0.612 e. The second kappa shape index (κ2) is 5.69. The Morgan fingerprint density at radius 2 is 1.00 bits per heavy atom. The van der Waals surface area contributed by atoms with Gasteiger partial charge in [0, 0.05) is 55.7 Å². The summed E-state index contributed by atoms with van der Waals surface area (Å²) in [6.45, 7) is 0. The standard InChI is InChI=1S/C20H16N2O2S2/c1-25(23)11-3-5-17-13(7-11)15-9-16-14-8-12(26(2)24)4-6-18(14)22-20(16)10-19(15)21-17/h3-10,21-22H,1-2H3. The van der Waals surface area contributed by atoms with Gasteiger partial charge in [-0.25, -0.2) is 0 Å². The summed E-state index contributed by atoms with van der Waals surface area (Å²) in [5.74, 6) is 0. The van der Waals surface area contributed by atoms with Crippen LogP contribution in [0.15, 0.2) is 58.3 Å². The summed E-state index contributed by atoms with van der Waals surface area (Å²) in [5.41, 5.74) is 4.14. The Hall–Kier alpha value is -2.12. The number of nitrogens with one attached hydrogen (secondary N) is 2.